The summed E-state index contributed by atoms with van der Waals surface area (Å²) in [6.07, 6.45) is 0.593. The molecule has 0 amide bonds. The highest BCUT2D eigenvalue weighted by Gasteiger charge is 2.06. The minimum Gasteiger partial charge on any atom is -0.370 e. The van der Waals surface area contributed by atoms with Crippen LogP contribution in [0.3, 0.4) is 0 Å². The molecule has 5 heteroatoms. The predicted octanol–water partition coefficient (Wildman–Crippen LogP) is 4.94. The molecule has 3 rings (SSSR count). The van der Waals surface area contributed by atoms with Crippen molar-refractivity contribution in [3.63, 3.8) is 0 Å². The van der Waals surface area contributed by atoms with Gasteiger partial charge >= 0.3 is 0 Å². The number of aromatic nitrogens is 2. The molecule has 4 nitrogen and oxygen atoms in total. The summed E-state index contributed by atoms with van der Waals surface area (Å²) in [7, 11) is 0. The average molecular weight is 350 g/mol. The van der Waals surface area contributed by atoms with Gasteiger partial charge in [-0.15, -0.1) is 0 Å². The van der Waals surface area contributed by atoms with Crippen molar-refractivity contribution in [2.75, 3.05) is 17.2 Å². The lowest BCUT2D eigenvalue weighted by atomic mass is 10.1. The Labute approximate surface area is 153 Å². The molecule has 0 aliphatic heterocycles. The molecular weight excluding hydrogens is 327 g/mol. The first-order valence-electron chi connectivity index (χ1n) is 8.69. The van der Waals surface area contributed by atoms with Gasteiger partial charge in [-0.1, -0.05) is 30.3 Å². The first kappa shape index (κ1) is 17.9. The van der Waals surface area contributed by atoms with Gasteiger partial charge in [-0.2, -0.15) is 4.98 Å². The Bertz CT molecular complexity index is 908. The topological polar surface area (TPSA) is 49.8 Å². The zero-order chi connectivity index (χ0) is 18.5. The van der Waals surface area contributed by atoms with Crippen LogP contribution < -0.4 is 10.6 Å². The molecule has 0 saturated carbocycles. The zero-order valence-corrected chi connectivity index (χ0v) is 15.3. The van der Waals surface area contributed by atoms with Crippen molar-refractivity contribution < 1.29 is 4.39 Å². The van der Waals surface area contributed by atoms with Crippen molar-refractivity contribution >= 4 is 17.5 Å². The van der Waals surface area contributed by atoms with E-state index in [4.69, 9.17) is 0 Å². The predicted molar refractivity (Wildman–Crippen MR) is 105 cm³/mol. The third-order valence-electron chi connectivity index (χ3n) is 4.36. The minimum absolute atomic E-state index is 0.176. The van der Waals surface area contributed by atoms with Gasteiger partial charge in [-0.05, 0) is 56.0 Å². The number of benzene rings is 2. The molecule has 0 bridgehead atoms. The largest absolute Gasteiger partial charge is 0.370 e. The molecule has 0 atom stereocenters. The number of anilines is 3. The highest BCUT2D eigenvalue weighted by Crippen LogP contribution is 2.22. The van der Waals surface area contributed by atoms with Crippen LogP contribution in [-0.4, -0.2) is 16.5 Å². The van der Waals surface area contributed by atoms with Gasteiger partial charge in [0.15, 0.2) is 0 Å². The van der Waals surface area contributed by atoms with Crippen molar-refractivity contribution in [1.82, 2.24) is 9.97 Å². The molecule has 0 aliphatic carbocycles. The van der Waals surface area contributed by atoms with Crippen LogP contribution in [-0.2, 0) is 6.42 Å². The maximum atomic E-state index is 13.7. The van der Waals surface area contributed by atoms with E-state index in [9.17, 15) is 4.39 Å². The van der Waals surface area contributed by atoms with Crippen molar-refractivity contribution in [2.45, 2.75) is 27.2 Å². The first-order valence-corrected chi connectivity index (χ1v) is 8.69. The van der Waals surface area contributed by atoms with E-state index in [-0.39, 0.29) is 5.82 Å². The number of hydrogen-bond acceptors (Lipinski definition) is 4. The molecule has 0 aliphatic rings. The standard InChI is InChI=1S/C21H23FN4/c1-14-7-6-10-19(16(14)3)25-21-24-15(2)13-20(26-21)23-12-11-17-8-4-5-9-18(17)22/h4-10,13H,11-12H2,1-3H3,(H2,23,24,25,26). The van der Waals surface area contributed by atoms with Crippen molar-refractivity contribution in [1.29, 1.82) is 0 Å². The highest BCUT2D eigenvalue weighted by atomic mass is 19.1. The summed E-state index contributed by atoms with van der Waals surface area (Å²) in [5, 5.41) is 6.54. The van der Waals surface area contributed by atoms with E-state index in [0.29, 0.717) is 24.5 Å². The average Bonchev–Trinajstić information content (AvgIpc) is 2.60. The molecule has 0 radical (unpaired) electrons. The quantitative estimate of drug-likeness (QED) is 0.661. The molecule has 26 heavy (non-hydrogen) atoms. The molecule has 134 valence electrons. The fourth-order valence-electron chi connectivity index (χ4n) is 2.75. The Morgan fingerprint density at radius 1 is 0.962 bits per heavy atom. The van der Waals surface area contributed by atoms with Gasteiger partial charge < -0.3 is 10.6 Å². The fourth-order valence-corrected chi connectivity index (χ4v) is 2.75. The molecule has 2 N–H and O–H groups in total. The van der Waals surface area contributed by atoms with E-state index in [0.717, 1.165) is 17.2 Å². The van der Waals surface area contributed by atoms with Crippen molar-refractivity contribution in [3.05, 3.63) is 76.7 Å². The molecule has 1 aromatic heterocycles. The van der Waals surface area contributed by atoms with Crippen LogP contribution in [0.15, 0.2) is 48.5 Å². The number of hydrogen-bond donors (Lipinski definition) is 2. The summed E-state index contributed by atoms with van der Waals surface area (Å²) >= 11 is 0. The third kappa shape index (κ3) is 4.36. The summed E-state index contributed by atoms with van der Waals surface area (Å²) in [5.41, 5.74) is 4.94. The van der Waals surface area contributed by atoms with Gasteiger partial charge in [0.25, 0.3) is 0 Å². The lowest BCUT2D eigenvalue weighted by molar-refractivity contribution is 0.610. The van der Waals surface area contributed by atoms with Gasteiger partial charge in [-0.25, -0.2) is 9.37 Å². The lowest BCUT2D eigenvalue weighted by Gasteiger charge is -2.12. The molecule has 0 saturated heterocycles. The first-order chi connectivity index (χ1) is 12.5. The van der Waals surface area contributed by atoms with Crippen LogP contribution >= 0.6 is 0 Å². The van der Waals surface area contributed by atoms with Crippen LogP contribution in [0.4, 0.5) is 21.8 Å². The molecule has 0 unspecified atom stereocenters. The lowest BCUT2D eigenvalue weighted by Crippen LogP contribution is -2.09. The van der Waals surface area contributed by atoms with Crippen molar-refractivity contribution in [3.8, 4) is 0 Å². The molecule has 1 heterocycles. The Balaban J connectivity index is 1.69. The van der Waals surface area contributed by atoms with Gasteiger partial charge in [0.1, 0.15) is 11.6 Å². The normalized spacial score (nSPS) is 10.6. The second kappa shape index (κ2) is 7.95. The monoisotopic (exact) mass is 350 g/mol. The summed E-state index contributed by atoms with van der Waals surface area (Å²) in [4.78, 5) is 8.98. The number of rotatable bonds is 6. The Hall–Kier alpha value is -2.95. The number of aryl methyl sites for hydroxylation is 2. The SMILES string of the molecule is Cc1cc(NCCc2ccccc2F)nc(Nc2cccc(C)c2C)n1. The maximum absolute atomic E-state index is 13.7. The van der Waals surface area contributed by atoms with Crippen LogP contribution in [0.2, 0.25) is 0 Å². The van der Waals surface area contributed by atoms with Crippen molar-refractivity contribution in [2.24, 2.45) is 0 Å². The van der Waals surface area contributed by atoms with Gasteiger partial charge in [-0.3, -0.25) is 0 Å². The zero-order valence-electron chi connectivity index (χ0n) is 15.3. The van der Waals surface area contributed by atoms with E-state index in [1.807, 2.05) is 31.2 Å². The third-order valence-corrected chi connectivity index (χ3v) is 4.36. The van der Waals surface area contributed by atoms with Crippen LogP contribution in [0.1, 0.15) is 22.4 Å². The molecule has 0 spiro atoms. The second-order valence-corrected chi connectivity index (χ2v) is 6.36. The fraction of sp³-hybridized carbons (Fsp3) is 0.238. The molecular formula is C21H23FN4. The molecule has 2 aromatic carbocycles. The highest BCUT2D eigenvalue weighted by molar-refractivity contribution is 5.61. The van der Waals surface area contributed by atoms with E-state index >= 15 is 0 Å². The Morgan fingerprint density at radius 3 is 2.58 bits per heavy atom. The van der Waals surface area contributed by atoms with Gasteiger partial charge in [0.05, 0.1) is 0 Å². The summed E-state index contributed by atoms with van der Waals surface area (Å²) in [5.74, 6) is 1.10. The van der Waals surface area contributed by atoms with Crippen LogP contribution in [0.5, 0.6) is 0 Å². The van der Waals surface area contributed by atoms with Gasteiger partial charge in [0, 0.05) is 24.0 Å². The second-order valence-electron chi connectivity index (χ2n) is 6.36. The van der Waals surface area contributed by atoms with E-state index in [1.165, 1.54) is 17.2 Å². The Kier molecular flexibility index (Phi) is 5.46. The minimum atomic E-state index is -0.176. The summed E-state index contributed by atoms with van der Waals surface area (Å²) in [6.45, 7) is 6.67. The Morgan fingerprint density at radius 2 is 1.77 bits per heavy atom. The smallest absolute Gasteiger partial charge is 0.229 e. The molecule has 0 fully saturated rings. The maximum Gasteiger partial charge on any atom is 0.229 e. The number of halogens is 1. The van der Waals surface area contributed by atoms with Gasteiger partial charge in [0.2, 0.25) is 5.95 Å². The molecule has 3 aromatic rings. The number of nitrogens with one attached hydrogen (secondary N) is 2. The number of nitrogens with zero attached hydrogens (tertiary/aromatic N) is 2. The van der Waals surface area contributed by atoms with E-state index in [1.54, 1.807) is 12.1 Å². The van der Waals surface area contributed by atoms with E-state index < -0.39 is 0 Å². The van der Waals surface area contributed by atoms with E-state index in [2.05, 4.69) is 40.5 Å². The van der Waals surface area contributed by atoms with Crippen LogP contribution in [0.25, 0.3) is 0 Å². The van der Waals surface area contributed by atoms with Crippen LogP contribution in [0, 0.1) is 26.6 Å². The summed E-state index contributed by atoms with van der Waals surface area (Å²) in [6, 6.07) is 14.8. The summed E-state index contributed by atoms with van der Waals surface area (Å²) < 4.78 is 13.7.